The molecule has 0 unspecified atom stereocenters. The van der Waals surface area contributed by atoms with Crippen molar-refractivity contribution in [2.75, 3.05) is 10.7 Å². The van der Waals surface area contributed by atoms with E-state index in [1.165, 1.54) is 0 Å². The normalized spacial score (nSPS) is 11.4. The van der Waals surface area contributed by atoms with Gasteiger partial charge in [0.2, 0.25) is 0 Å². The molecule has 1 amide bonds. The van der Waals surface area contributed by atoms with Crippen molar-refractivity contribution in [3.63, 3.8) is 0 Å². The maximum Gasteiger partial charge on any atom is 0.251 e. The molecule has 1 rings (SSSR count). The van der Waals surface area contributed by atoms with Gasteiger partial charge in [0, 0.05) is 16.2 Å². The number of carbonyl (C=O) groups excluding carboxylic acids is 1. The summed E-state index contributed by atoms with van der Waals surface area (Å²) >= 11 is 6.83. The van der Waals surface area contributed by atoms with Crippen molar-refractivity contribution in [1.82, 2.24) is 5.32 Å². The number of hydrogen-bond donors (Lipinski definition) is 1. The Labute approximate surface area is 119 Å². The summed E-state index contributed by atoms with van der Waals surface area (Å²) in [6.45, 7) is 5.99. The molecule has 0 aliphatic heterocycles. The first kappa shape index (κ1) is 14.7. The summed E-state index contributed by atoms with van der Waals surface area (Å²) < 4.78 is 0. The molecule has 0 saturated carbocycles. The Morgan fingerprint density at radius 2 is 1.65 bits per heavy atom. The molecule has 0 bridgehead atoms. The van der Waals surface area contributed by atoms with Crippen LogP contribution >= 0.6 is 31.9 Å². The molecule has 94 valence electrons. The molecule has 0 spiro atoms. The summed E-state index contributed by atoms with van der Waals surface area (Å²) in [5.74, 6) is -0.0294. The van der Waals surface area contributed by atoms with E-state index in [-0.39, 0.29) is 11.4 Å². The number of aryl methyl sites for hydroxylation is 2. The summed E-state index contributed by atoms with van der Waals surface area (Å²) in [4.78, 5) is 12.1. The van der Waals surface area contributed by atoms with Crippen LogP contribution in [0.15, 0.2) is 18.2 Å². The zero-order valence-electron chi connectivity index (χ0n) is 10.3. The monoisotopic (exact) mass is 361 g/mol. The van der Waals surface area contributed by atoms with Gasteiger partial charge in [0.1, 0.15) is 0 Å². The lowest BCUT2D eigenvalue weighted by molar-refractivity contribution is 0.0923. The van der Waals surface area contributed by atoms with Gasteiger partial charge < -0.3 is 5.32 Å². The number of hydrogen-bond acceptors (Lipinski definition) is 1. The van der Waals surface area contributed by atoms with Crippen molar-refractivity contribution in [2.24, 2.45) is 0 Å². The van der Waals surface area contributed by atoms with Crippen molar-refractivity contribution >= 4 is 37.8 Å². The Kier molecular flexibility index (Phi) is 5.20. The van der Waals surface area contributed by atoms with Gasteiger partial charge in [-0.3, -0.25) is 4.79 Å². The Bertz CT molecular complexity index is 394. The van der Waals surface area contributed by atoms with Gasteiger partial charge >= 0.3 is 0 Å². The number of benzene rings is 1. The molecule has 0 aliphatic rings. The van der Waals surface area contributed by atoms with Crippen LogP contribution < -0.4 is 5.32 Å². The smallest absolute Gasteiger partial charge is 0.251 e. The summed E-state index contributed by atoms with van der Waals surface area (Å²) in [5.41, 5.74) is 2.66. The minimum absolute atomic E-state index is 0.0294. The minimum atomic E-state index is -0.269. The number of amides is 1. The summed E-state index contributed by atoms with van der Waals surface area (Å²) in [5, 5.41) is 4.45. The number of alkyl halides is 2. The molecule has 4 heteroatoms. The van der Waals surface area contributed by atoms with Crippen LogP contribution in [0.2, 0.25) is 0 Å². The number of carbonyl (C=O) groups is 1. The third kappa shape index (κ3) is 4.11. The first-order valence-electron chi connectivity index (χ1n) is 5.43. The van der Waals surface area contributed by atoms with Crippen LogP contribution in [0.4, 0.5) is 0 Å². The standard InChI is InChI=1S/C13H17Br2NO/c1-9-4-10(2)6-11(5-9)12(17)16-13(3,7-14)8-15/h4-6H,7-8H2,1-3H3,(H,16,17). The maximum absolute atomic E-state index is 12.1. The van der Waals surface area contributed by atoms with E-state index < -0.39 is 0 Å². The highest BCUT2D eigenvalue weighted by molar-refractivity contribution is 9.09. The fraction of sp³-hybridized carbons (Fsp3) is 0.462. The summed E-state index contributed by atoms with van der Waals surface area (Å²) in [6, 6.07) is 5.88. The Hall–Kier alpha value is -0.350. The van der Waals surface area contributed by atoms with Crippen LogP contribution in [0.5, 0.6) is 0 Å². The van der Waals surface area contributed by atoms with Gasteiger partial charge in [0.25, 0.3) is 5.91 Å². The summed E-state index contributed by atoms with van der Waals surface area (Å²) in [6.07, 6.45) is 0. The van der Waals surface area contributed by atoms with Crippen molar-refractivity contribution in [3.05, 3.63) is 34.9 Å². The highest BCUT2D eigenvalue weighted by atomic mass is 79.9. The minimum Gasteiger partial charge on any atom is -0.345 e. The fourth-order valence-corrected chi connectivity index (χ4v) is 2.76. The van der Waals surface area contributed by atoms with Crippen LogP contribution in [-0.2, 0) is 0 Å². The highest BCUT2D eigenvalue weighted by Crippen LogP contribution is 2.14. The van der Waals surface area contributed by atoms with Crippen LogP contribution in [0, 0.1) is 13.8 Å². The predicted octanol–water partition coefficient (Wildman–Crippen LogP) is 3.58. The number of nitrogens with one attached hydrogen (secondary N) is 1. The van der Waals surface area contributed by atoms with Crippen molar-refractivity contribution in [3.8, 4) is 0 Å². The third-order valence-corrected chi connectivity index (χ3v) is 4.96. The molecule has 2 nitrogen and oxygen atoms in total. The highest BCUT2D eigenvalue weighted by Gasteiger charge is 2.24. The Morgan fingerprint density at radius 1 is 1.18 bits per heavy atom. The molecule has 0 atom stereocenters. The number of halogens is 2. The second kappa shape index (κ2) is 6.01. The lowest BCUT2D eigenvalue weighted by Gasteiger charge is -2.26. The average molecular weight is 363 g/mol. The second-order valence-corrected chi connectivity index (χ2v) is 5.78. The van der Waals surface area contributed by atoms with Gasteiger partial charge in [-0.1, -0.05) is 49.1 Å². The lowest BCUT2D eigenvalue weighted by atomic mass is 10.0. The average Bonchev–Trinajstić information content (AvgIpc) is 2.27. The van der Waals surface area contributed by atoms with E-state index in [4.69, 9.17) is 0 Å². The second-order valence-electron chi connectivity index (χ2n) is 4.66. The van der Waals surface area contributed by atoms with E-state index >= 15 is 0 Å². The van der Waals surface area contributed by atoms with Crippen LogP contribution in [-0.4, -0.2) is 22.1 Å². The zero-order chi connectivity index (χ0) is 13.1. The summed E-state index contributed by atoms with van der Waals surface area (Å²) in [7, 11) is 0. The Balaban J connectivity index is 2.90. The SMILES string of the molecule is Cc1cc(C)cc(C(=O)NC(C)(CBr)CBr)c1. The molecule has 0 aromatic heterocycles. The molecule has 1 aromatic carbocycles. The van der Waals surface area contributed by atoms with E-state index in [0.717, 1.165) is 16.7 Å². The molecule has 1 aromatic rings. The zero-order valence-corrected chi connectivity index (χ0v) is 13.5. The molecule has 17 heavy (non-hydrogen) atoms. The molecular formula is C13H17Br2NO. The van der Waals surface area contributed by atoms with Crippen LogP contribution in [0.25, 0.3) is 0 Å². The van der Waals surface area contributed by atoms with Crippen molar-refractivity contribution in [2.45, 2.75) is 26.3 Å². The van der Waals surface area contributed by atoms with E-state index in [1.54, 1.807) is 0 Å². The molecule has 0 radical (unpaired) electrons. The number of rotatable bonds is 4. The molecule has 0 heterocycles. The van der Waals surface area contributed by atoms with Gasteiger partial charge in [0.15, 0.2) is 0 Å². The fourth-order valence-electron chi connectivity index (χ4n) is 1.55. The van der Waals surface area contributed by atoms with Gasteiger partial charge in [-0.05, 0) is 32.9 Å². The lowest BCUT2D eigenvalue weighted by Crippen LogP contribution is -2.49. The van der Waals surface area contributed by atoms with Crippen molar-refractivity contribution < 1.29 is 4.79 Å². The van der Waals surface area contributed by atoms with Gasteiger partial charge in [0.05, 0.1) is 5.54 Å². The quantitative estimate of drug-likeness (QED) is 0.815. The van der Waals surface area contributed by atoms with E-state index in [1.807, 2.05) is 32.9 Å². The van der Waals surface area contributed by atoms with E-state index in [0.29, 0.717) is 10.7 Å². The first-order valence-corrected chi connectivity index (χ1v) is 7.67. The van der Waals surface area contributed by atoms with Crippen LogP contribution in [0.1, 0.15) is 28.4 Å². The van der Waals surface area contributed by atoms with Crippen molar-refractivity contribution in [1.29, 1.82) is 0 Å². The van der Waals surface area contributed by atoms with E-state index in [2.05, 4.69) is 43.2 Å². The topological polar surface area (TPSA) is 29.1 Å². The molecule has 0 fully saturated rings. The van der Waals surface area contributed by atoms with Gasteiger partial charge in [-0.2, -0.15) is 0 Å². The van der Waals surface area contributed by atoms with E-state index in [9.17, 15) is 4.79 Å². The Morgan fingerprint density at radius 3 is 2.06 bits per heavy atom. The molecule has 1 N–H and O–H groups in total. The van der Waals surface area contributed by atoms with Gasteiger partial charge in [-0.25, -0.2) is 0 Å². The molecule has 0 aliphatic carbocycles. The largest absolute Gasteiger partial charge is 0.345 e. The molecule has 0 saturated heterocycles. The maximum atomic E-state index is 12.1. The molecular weight excluding hydrogens is 346 g/mol. The third-order valence-electron chi connectivity index (χ3n) is 2.49. The predicted molar refractivity (Wildman–Crippen MR) is 79.4 cm³/mol. The first-order chi connectivity index (χ1) is 7.90. The van der Waals surface area contributed by atoms with Crippen LogP contribution in [0.3, 0.4) is 0 Å². The van der Waals surface area contributed by atoms with Gasteiger partial charge in [-0.15, -0.1) is 0 Å².